The summed E-state index contributed by atoms with van der Waals surface area (Å²) in [7, 11) is 0. The van der Waals surface area contributed by atoms with Gasteiger partial charge in [-0.25, -0.2) is 10.7 Å². The zero-order valence-electron chi connectivity index (χ0n) is 10.0. The van der Waals surface area contributed by atoms with E-state index >= 15 is 0 Å². The van der Waals surface area contributed by atoms with Crippen molar-refractivity contribution in [3.05, 3.63) is 45.5 Å². The van der Waals surface area contributed by atoms with Crippen molar-refractivity contribution in [2.75, 3.05) is 12.0 Å². The lowest BCUT2D eigenvalue weighted by Crippen LogP contribution is -2.28. The van der Waals surface area contributed by atoms with Crippen molar-refractivity contribution in [2.24, 2.45) is 0 Å². The van der Waals surface area contributed by atoms with Crippen LogP contribution >= 0.6 is 0 Å². The maximum atomic E-state index is 11.3. The van der Waals surface area contributed by atoms with Gasteiger partial charge in [0.1, 0.15) is 0 Å². The average molecular weight is 263 g/mol. The maximum absolute atomic E-state index is 11.3. The molecule has 19 heavy (non-hydrogen) atoms. The molecule has 0 atom stereocenters. The number of hydrogen-bond acceptors (Lipinski definition) is 6. The highest BCUT2D eigenvalue weighted by atomic mass is 16.6. The van der Waals surface area contributed by atoms with Crippen LogP contribution in [0, 0.1) is 10.1 Å². The summed E-state index contributed by atoms with van der Waals surface area (Å²) in [6.07, 6.45) is 0. The molecule has 0 aliphatic rings. The van der Waals surface area contributed by atoms with Crippen LogP contribution in [0.5, 0.6) is 0 Å². The molecule has 0 unspecified atom stereocenters. The number of ether oxygens (including phenoxy) is 1. The largest absolute Gasteiger partial charge is 0.761 e. The number of carbonyl (C=O) groups is 1. The molecule has 2 N–H and O–H groups in total. The van der Waals surface area contributed by atoms with Gasteiger partial charge in [-0.05, 0) is 13.0 Å². The van der Waals surface area contributed by atoms with E-state index in [-0.39, 0.29) is 18.0 Å². The number of benzene rings is 1. The van der Waals surface area contributed by atoms with Gasteiger partial charge in [0.25, 0.3) is 5.69 Å². The normalized spacial score (nSPS) is 9.11. The molecule has 1 aromatic rings. The summed E-state index contributed by atoms with van der Waals surface area (Å²) < 4.78 is 4.64. The molecule has 0 aliphatic heterocycles. The van der Waals surface area contributed by atoms with Gasteiger partial charge in [0.05, 0.1) is 17.2 Å². The predicted octanol–water partition coefficient (Wildman–Crippen LogP) is 1.20. The summed E-state index contributed by atoms with van der Waals surface area (Å²) in [6, 6.07) is 5.59. The van der Waals surface area contributed by atoms with E-state index in [0.29, 0.717) is 5.69 Å². The fourth-order valence-corrected chi connectivity index (χ4v) is 1.16. The minimum Gasteiger partial charge on any atom is -0.761 e. The molecule has 8 heteroatoms. The standard InChI is InChI=1S/C11H11N4O4/c1-2-19-11(16)10(7-12)14-13-8-4-3-5-9(6-8)15(17)18/h3-6,13-14H,2H2,1H3/q-1. The van der Waals surface area contributed by atoms with Crippen molar-refractivity contribution in [2.45, 2.75) is 6.92 Å². The number of carbonyl (C=O) groups excluding carboxylic acids is 1. The fraction of sp³-hybridized carbons (Fsp3) is 0.182. The maximum Gasteiger partial charge on any atom is 0.362 e. The molecule has 1 aromatic carbocycles. The average Bonchev–Trinajstić information content (AvgIpc) is 2.40. The highest BCUT2D eigenvalue weighted by Gasteiger charge is 2.09. The number of hydrazine groups is 1. The molecule has 0 heterocycles. The minimum atomic E-state index is -0.803. The lowest BCUT2D eigenvalue weighted by molar-refractivity contribution is -0.384. The molecule has 0 radical (unpaired) electrons. The molecule has 0 aromatic heterocycles. The third-order valence-electron chi connectivity index (χ3n) is 1.98. The molecule has 100 valence electrons. The summed E-state index contributed by atoms with van der Waals surface area (Å²) in [5.74, 6) is 0.826. The molecular weight excluding hydrogens is 252 g/mol. The van der Waals surface area contributed by atoms with Gasteiger partial charge in [0.15, 0.2) is 5.70 Å². The van der Waals surface area contributed by atoms with Crippen molar-refractivity contribution in [1.82, 2.24) is 5.43 Å². The Hall–Kier alpha value is -2.86. The smallest absolute Gasteiger partial charge is 0.362 e. The minimum absolute atomic E-state index is 0.110. The van der Waals surface area contributed by atoms with Crippen LogP contribution in [0.3, 0.4) is 0 Å². The predicted molar refractivity (Wildman–Crippen MR) is 68.4 cm³/mol. The third kappa shape index (κ3) is 4.14. The topological polar surface area (TPSA) is 116 Å². The number of anilines is 1. The second kappa shape index (κ2) is 6.77. The molecular formula is C11H11N4O4-. The van der Waals surface area contributed by atoms with Crippen LogP contribution in [-0.4, -0.2) is 23.4 Å². The van der Waals surface area contributed by atoms with E-state index in [1.807, 2.05) is 0 Å². The summed E-state index contributed by atoms with van der Waals surface area (Å²) >= 11 is 0. The fourth-order valence-electron chi connectivity index (χ4n) is 1.16. The number of nitro benzene ring substituents is 1. The van der Waals surface area contributed by atoms with Crippen molar-refractivity contribution in [3.8, 4) is 0 Å². The third-order valence-corrected chi connectivity index (χ3v) is 1.98. The van der Waals surface area contributed by atoms with Crippen LogP contribution in [0.25, 0.3) is 5.41 Å². The molecule has 8 nitrogen and oxygen atoms in total. The van der Waals surface area contributed by atoms with Crippen LogP contribution in [0.1, 0.15) is 6.92 Å². The van der Waals surface area contributed by atoms with Crippen molar-refractivity contribution in [3.63, 3.8) is 0 Å². The Bertz CT molecular complexity index is 537. The van der Waals surface area contributed by atoms with E-state index in [1.165, 1.54) is 18.2 Å². The van der Waals surface area contributed by atoms with Crippen LogP contribution in [0.2, 0.25) is 0 Å². The first-order chi connectivity index (χ1) is 9.08. The second-order valence-corrected chi connectivity index (χ2v) is 3.26. The Morgan fingerprint density at radius 1 is 1.58 bits per heavy atom. The lowest BCUT2D eigenvalue weighted by Gasteiger charge is -2.11. The zero-order valence-corrected chi connectivity index (χ0v) is 10.0. The van der Waals surface area contributed by atoms with E-state index in [4.69, 9.17) is 5.41 Å². The van der Waals surface area contributed by atoms with Crippen molar-refractivity contribution in [1.29, 1.82) is 0 Å². The number of hydrogen-bond donors (Lipinski definition) is 2. The Balaban J connectivity index is 2.70. The molecule has 0 amide bonds. The number of esters is 1. The first-order valence-corrected chi connectivity index (χ1v) is 5.29. The number of nitro groups is 1. The molecule has 0 saturated carbocycles. The summed E-state index contributed by atoms with van der Waals surface area (Å²) in [5, 5.41) is 19.3. The number of non-ortho nitro benzene ring substituents is 1. The summed E-state index contributed by atoms with van der Waals surface area (Å²) in [4.78, 5) is 21.3. The second-order valence-electron chi connectivity index (χ2n) is 3.26. The van der Waals surface area contributed by atoms with Gasteiger partial charge in [-0.1, -0.05) is 6.07 Å². The summed E-state index contributed by atoms with van der Waals surface area (Å²) in [6.45, 7) is 1.75. The Morgan fingerprint density at radius 2 is 2.32 bits per heavy atom. The molecule has 0 fully saturated rings. The Labute approximate surface area is 108 Å². The Kier molecular flexibility index (Phi) is 5.06. The lowest BCUT2D eigenvalue weighted by atomic mass is 10.3. The van der Waals surface area contributed by atoms with Crippen LogP contribution < -0.4 is 10.9 Å². The molecule has 0 saturated heterocycles. The summed E-state index contributed by atoms with van der Waals surface area (Å²) in [5.41, 5.74) is 4.75. The molecule has 0 spiro atoms. The Morgan fingerprint density at radius 3 is 2.89 bits per heavy atom. The monoisotopic (exact) mass is 263 g/mol. The molecule has 0 aliphatic carbocycles. The first kappa shape index (κ1) is 14.2. The van der Waals surface area contributed by atoms with E-state index < -0.39 is 10.9 Å². The molecule has 1 rings (SSSR count). The van der Waals surface area contributed by atoms with Gasteiger partial charge < -0.3 is 10.1 Å². The zero-order chi connectivity index (χ0) is 14.3. The van der Waals surface area contributed by atoms with Crippen LogP contribution in [0.4, 0.5) is 11.4 Å². The van der Waals surface area contributed by atoms with Gasteiger partial charge in [-0.2, -0.15) is 0 Å². The van der Waals surface area contributed by atoms with E-state index in [0.717, 1.165) is 0 Å². The van der Waals surface area contributed by atoms with Gasteiger partial charge in [0, 0.05) is 12.1 Å². The number of nitrogens with one attached hydrogen (secondary N) is 2. The van der Waals surface area contributed by atoms with Gasteiger partial charge >= 0.3 is 5.97 Å². The molecule has 0 bridgehead atoms. The highest BCUT2D eigenvalue weighted by molar-refractivity contribution is 5.97. The highest BCUT2D eigenvalue weighted by Crippen LogP contribution is 2.16. The number of rotatable bonds is 6. The van der Waals surface area contributed by atoms with Gasteiger partial charge in [-0.15, -0.1) is 0 Å². The van der Waals surface area contributed by atoms with E-state index in [9.17, 15) is 14.9 Å². The van der Waals surface area contributed by atoms with Gasteiger partial charge in [0.2, 0.25) is 0 Å². The van der Waals surface area contributed by atoms with Crippen molar-refractivity contribution < 1.29 is 14.5 Å². The quantitative estimate of drug-likeness (QED) is 0.262. The van der Waals surface area contributed by atoms with Crippen LogP contribution in [-0.2, 0) is 9.53 Å². The van der Waals surface area contributed by atoms with Gasteiger partial charge in [-0.3, -0.25) is 21.0 Å². The first-order valence-electron chi connectivity index (χ1n) is 5.29. The van der Waals surface area contributed by atoms with Crippen LogP contribution in [0.15, 0.2) is 30.0 Å². The SMILES string of the molecule is CCOC(=O)C(=C=[N-])NNc1cccc([N+](=O)[O-])c1. The van der Waals surface area contributed by atoms with E-state index in [2.05, 4.69) is 15.6 Å². The van der Waals surface area contributed by atoms with E-state index in [1.54, 1.807) is 18.9 Å². The number of nitrogens with zero attached hydrogens (tertiary/aromatic N) is 2. The van der Waals surface area contributed by atoms with Crippen molar-refractivity contribution >= 4 is 23.2 Å².